The van der Waals surface area contributed by atoms with Crippen LogP contribution in [0.1, 0.15) is 78.4 Å². The Bertz CT molecular complexity index is 1020. The third-order valence-electron chi connectivity index (χ3n) is 9.55. The van der Waals surface area contributed by atoms with Crippen LogP contribution >= 0.6 is 0 Å². The molecule has 4 saturated carbocycles. The first-order chi connectivity index (χ1) is 17.4. The Balaban J connectivity index is 0.00000353. The molecule has 3 N–H and O–H groups in total. The molecule has 186 valence electrons. The minimum absolute atomic E-state index is 0. The number of aliphatic hydroxyl groups excluding tert-OH is 3. The molecule has 0 amide bonds. The first-order valence-corrected chi connectivity index (χ1v) is 12.0. The Hall–Kier alpha value is -0.0600. The minimum atomic E-state index is -2.94. The van der Waals surface area contributed by atoms with Crippen LogP contribution in [0.15, 0.2) is 0 Å². The number of hydrogen-bond acceptors (Lipinski definition) is 8. The van der Waals surface area contributed by atoms with Gasteiger partial charge in [0, 0.05) is 17.3 Å². The van der Waals surface area contributed by atoms with E-state index in [2.05, 4.69) is 0 Å². The monoisotopic (exact) mass is 493 g/mol. The molecule has 1 saturated heterocycles. The number of carboxylic acid groups (broad SMARTS) is 1. The summed E-state index contributed by atoms with van der Waals surface area (Å²) in [6, 6.07) is 0. The van der Waals surface area contributed by atoms with Gasteiger partial charge in [0.1, 0.15) is 30.2 Å². The van der Waals surface area contributed by atoms with Gasteiger partial charge in [-0.3, -0.25) is 4.79 Å². The number of Topliss-reactive ketones (excluding diaryl/α,β-unsaturated/α-hetero) is 1. The number of fused-ring (bicyclic) bond motifs is 5. The van der Waals surface area contributed by atoms with Crippen LogP contribution < -0.4 is 34.7 Å². The van der Waals surface area contributed by atoms with Crippen molar-refractivity contribution in [2.24, 2.45) is 34.5 Å². The number of rotatable bonds is 3. The zero-order chi connectivity index (χ0) is 28.2. The fraction of sp³-hybridized carbons (Fsp3) is 0.920. The molecule has 0 bridgehead atoms. The van der Waals surface area contributed by atoms with Crippen molar-refractivity contribution < 1.29 is 75.9 Å². The number of carbonyl (C=O) groups excluding carboxylic acids is 2. The summed E-state index contributed by atoms with van der Waals surface area (Å²) in [5, 5.41) is 41.9. The number of carbonyl (C=O) groups is 2. The van der Waals surface area contributed by atoms with Gasteiger partial charge in [-0.05, 0) is 80.4 Å². The van der Waals surface area contributed by atoms with Crippen molar-refractivity contribution in [3.8, 4) is 0 Å². The summed E-state index contributed by atoms with van der Waals surface area (Å²) in [6.45, 7) is 3.90. The van der Waals surface area contributed by atoms with E-state index in [1.165, 1.54) is 0 Å². The molecule has 1 aliphatic heterocycles. The fourth-order valence-electron chi connectivity index (χ4n) is 7.53. The van der Waals surface area contributed by atoms with E-state index in [1.54, 1.807) is 0 Å². The Kier molecular flexibility index (Phi) is 5.96. The van der Waals surface area contributed by atoms with E-state index in [-0.39, 0.29) is 59.5 Å². The number of ketones is 1. The van der Waals surface area contributed by atoms with Crippen LogP contribution in [-0.2, 0) is 19.1 Å². The maximum Gasteiger partial charge on any atom is 1.00 e. The summed E-state index contributed by atoms with van der Waals surface area (Å²) < 4.78 is 55.7. The van der Waals surface area contributed by atoms with Crippen molar-refractivity contribution >= 4 is 11.8 Å². The standard InChI is InChI=1S/C25H38O8.Na/c1-24-9-7-13(32-23-20(29)18(27)19(28)21(33-23)22(30)31)11-12(24)3-4-14-15-5-6-17(26)25(15,2)10-8-16(14)24;/h12-16,18-21,23,27-29H,3-11H2,1-2H3,(H,30,31);/q;+1/p-1/t12-,13-,14+,15+,16+,18+,19+,20-,21+,23-,24+,25+;/m1./s1/i7D2,11D2,13D;. The van der Waals surface area contributed by atoms with Gasteiger partial charge in [0.15, 0.2) is 6.29 Å². The number of carboxylic acids is 1. The van der Waals surface area contributed by atoms with Crippen LogP contribution in [0.25, 0.3) is 0 Å². The maximum absolute atomic E-state index is 12.7. The largest absolute Gasteiger partial charge is 1.00 e. The van der Waals surface area contributed by atoms with E-state index in [0.717, 1.165) is 6.42 Å². The van der Waals surface area contributed by atoms with E-state index in [0.29, 0.717) is 32.1 Å². The van der Waals surface area contributed by atoms with Gasteiger partial charge in [0.05, 0.1) is 13.4 Å². The number of hydrogen-bond donors (Lipinski definition) is 3. The SMILES string of the molecule is [2H]C1([2H])C[C@@]2(C)[C@H](CC[C@@H]3[C@@H]2CC[C@]2(C)C(=O)CC[C@@H]32)C([2H])([2H])[C@]1([2H])O[C@@H]1O[C@H](C(=O)[O-])[C@@H](O)[C@H](O)[C@H]1O.[Na+]. The van der Waals surface area contributed by atoms with Crippen LogP contribution in [0, 0.1) is 34.5 Å². The second-order valence-corrected chi connectivity index (χ2v) is 11.1. The van der Waals surface area contributed by atoms with Crippen LogP contribution in [-0.4, -0.2) is 63.9 Å². The Morgan fingerprint density at radius 2 is 1.85 bits per heavy atom. The van der Waals surface area contributed by atoms with Gasteiger partial charge in [0.25, 0.3) is 0 Å². The molecule has 34 heavy (non-hydrogen) atoms. The predicted octanol–water partition coefficient (Wildman–Crippen LogP) is -2.46. The summed E-state index contributed by atoms with van der Waals surface area (Å²) >= 11 is 0. The van der Waals surface area contributed by atoms with E-state index in [9.17, 15) is 30.0 Å². The summed E-state index contributed by atoms with van der Waals surface area (Å²) in [5.74, 6) is -2.16. The molecule has 0 spiro atoms. The van der Waals surface area contributed by atoms with Gasteiger partial charge in [-0.25, -0.2) is 0 Å². The molecule has 0 aromatic carbocycles. The maximum atomic E-state index is 12.7. The molecule has 0 unspecified atom stereocenters. The molecule has 0 aromatic rings. The number of aliphatic carboxylic acids is 1. The summed E-state index contributed by atoms with van der Waals surface area (Å²) in [5.41, 5.74) is -1.24. The van der Waals surface area contributed by atoms with Gasteiger partial charge in [0.2, 0.25) is 0 Å². The van der Waals surface area contributed by atoms with Crippen molar-refractivity contribution in [1.29, 1.82) is 0 Å². The quantitative estimate of drug-likeness (QED) is 0.291. The fourth-order valence-corrected chi connectivity index (χ4v) is 7.53. The minimum Gasteiger partial charge on any atom is -0.547 e. The molecule has 5 rings (SSSR count). The predicted molar refractivity (Wildman–Crippen MR) is 113 cm³/mol. The molecule has 12 atom stereocenters. The van der Waals surface area contributed by atoms with E-state index in [1.807, 2.05) is 13.8 Å². The van der Waals surface area contributed by atoms with Crippen LogP contribution in [0.3, 0.4) is 0 Å². The Labute approximate surface area is 230 Å². The van der Waals surface area contributed by atoms with Gasteiger partial charge in [-0.15, -0.1) is 0 Å². The second kappa shape index (κ2) is 9.67. The molecule has 1 heterocycles. The zero-order valence-corrected chi connectivity index (χ0v) is 22.0. The Morgan fingerprint density at radius 1 is 1.12 bits per heavy atom. The van der Waals surface area contributed by atoms with Crippen molar-refractivity contribution in [3.63, 3.8) is 0 Å². The normalized spacial score (nSPS) is 60.0. The molecule has 9 heteroatoms. The smallest absolute Gasteiger partial charge is 0.547 e. The Morgan fingerprint density at radius 3 is 2.56 bits per heavy atom. The first-order valence-electron chi connectivity index (χ1n) is 14.5. The van der Waals surface area contributed by atoms with E-state index in [4.69, 9.17) is 16.3 Å². The van der Waals surface area contributed by atoms with Gasteiger partial charge in [-0.1, -0.05) is 13.8 Å². The van der Waals surface area contributed by atoms with Crippen LogP contribution in [0.4, 0.5) is 0 Å². The second-order valence-electron chi connectivity index (χ2n) is 11.1. The molecule has 8 nitrogen and oxygen atoms in total. The number of ether oxygens (including phenoxy) is 2. The van der Waals surface area contributed by atoms with Crippen LogP contribution in [0.2, 0.25) is 0 Å². The van der Waals surface area contributed by atoms with Crippen molar-refractivity contribution in [2.75, 3.05) is 0 Å². The topological polar surface area (TPSA) is 136 Å². The molecule has 4 aliphatic carbocycles. The van der Waals surface area contributed by atoms with Crippen LogP contribution in [0.5, 0.6) is 0 Å². The summed E-state index contributed by atoms with van der Waals surface area (Å²) in [4.78, 5) is 24.1. The van der Waals surface area contributed by atoms with Crippen molar-refractivity contribution in [2.45, 2.75) is 108 Å². The molecule has 5 aliphatic rings. The number of aliphatic hydroxyl groups is 3. The first kappa shape index (κ1) is 20.9. The third-order valence-corrected chi connectivity index (χ3v) is 9.55. The summed E-state index contributed by atoms with van der Waals surface area (Å²) in [6.07, 6.45) is -15.2. The zero-order valence-electron chi connectivity index (χ0n) is 25.0. The molecular formula is C25H37NaO8. The molecule has 0 aromatic heterocycles. The van der Waals surface area contributed by atoms with Gasteiger partial charge in [-0.2, -0.15) is 0 Å². The van der Waals surface area contributed by atoms with Crippen molar-refractivity contribution in [1.82, 2.24) is 0 Å². The van der Waals surface area contributed by atoms with Gasteiger partial charge >= 0.3 is 29.6 Å². The van der Waals surface area contributed by atoms with Gasteiger partial charge < -0.3 is 34.7 Å². The molecule has 0 radical (unpaired) electrons. The summed E-state index contributed by atoms with van der Waals surface area (Å²) in [7, 11) is 0. The molecule has 5 fully saturated rings. The molecular weight excluding hydrogens is 451 g/mol. The van der Waals surface area contributed by atoms with Crippen molar-refractivity contribution in [3.05, 3.63) is 0 Å². The van der Waals surface area contributed by atoms with E-state index < -0.39 is 72.2 Å². The third kappa shape index (κ3) is 4.14. The average Bonchev–Trinajstić information content (AvgIpc) is 3.12. The average molecular weight is 494 g/mol. The van der Waals surface area contributed by atoms with E-state index >= 15 is 0 Å².